The summed E-state index contributed by atoms with van der Waals surface area (Å²) in [5, 5.41) is 10.7. The van der Waals surface area contributed by atoms with Gasteiger partial charge in [0.05, 0.1) is 13.2 Å². The Balaban J connectivity index is 2.18. The first kappa shape index (κ1) is 10.8. The minimum Gasteiger partial charge on any atom is -0.496 e. The van der Waals surface area contributed by atoms with Crippen LogP contribution in [0.5, 0.6) is 5.75 Å². The topological polar surface area (TPSA) is 29.5 Å². The molecule has 1 fully saturated rings. The minimum atomic E-state index is -0.453. The standard InChI is InChI=1S/C12H15ClO2/c1-15-12-5-4-9(13)7-10(12)11(14)6-8-2-3-8/h4-5,7-8,11,14H,2-3,6H2,1H3. The Morgan fingerprint density at radius 1 is 1.53 bits per heavy atom. The zero-order chi connectivity index (χ0) is 10.8. The monoisotopic (exact) mass is 226 g/mol. The van der Waals surface area contributed by atoms with E-state index in [0.29, 0.717) is 16.7 Å². The summed E-state index contributed by atoms with van der Waals surface area (Å²) in [6.07, 6.45) is 2.84. The lowest BCUT2D eigenvalue weighted by Crippen LogP contribution is -2.01. The molecule has 2 nitrogen and oxygen atoms in total. The quantitative estimate of drug-likeness (QED) is 0.855. The van der Waals surface area contributed by atoms with Gasteiger partial charge in [-0.2, -0.15) is 0 Å². The predicted molar refractivity (Wildman–Crippen MR) is 60.3 cm³/mol. The Labute approximate surface area is 94.8 Å². The van der Waals surface area contributed by atoms with E-state index >= 15 is 0 Å². The molecule has 1 aliphatic rings. The van der Waals surface area contributed by atoms with Crippen molar-refractivity contribution in [2.24, 2.45) is 5.92 Å². The van der Waals surface area contributed by atoms with Gasteiger partial charge in [-0.3, -0.25) is 0 Å². The van der Waals surface area contributed by atoms with Crippen LogP contribution in [0.4, 0.5) is 0 Å². The van der Waals surface area contributed by atoms with Crippen LogP contribution in [0.1, 0.15) is 30.9 Å². The van der Waals surface area contributed by atoms with Gasteiger partial charge in [0.2, 0.25) is 0 Å². The van der Waals surface area contributed by atoms with E-state index in [1.807, 2.05) is 0 Å². The van der Waals surface area contributed by atoms with Gasteiger partial charge in [0.15, 0.2) is 0 Å². The minimum absolute atomic E-state index is 0.453. The highest BCUT2D eigenvalue weighted by molar-refractivity contribution is 6.30. The number of rotatable bonds is 4. The molecule has 0 aliphatic heterocycles. The highest BCUT2D eigenvalue weighted by Gasteiger charge is 2.26. The smallest absolute Gasteiger partial charge is 0.124 e. The zero-order valence-electron chi connectivity index (χ0n) is 8.74. The van der Waals surface area contributed by atoms with E-state index in [-0.39, 0.29) is 0 Å². The number of benzene rings is 1. The molecule has 1 N–H and O–H groups in total. The van der Waals surface area contributed by atoms with Crippen molar-refractivity contribution in [1.29, 1.82) is 0 Å². The summed E-state index contributed by atoms with van der Waals surface area (Å²) in [5.41, 5.74) is 0.803. The van der Waals surface area contributed by atoms with E-state index in [1.54, 1.807) is 25.3 Å². The normalized spacial score (nSPS) is 17.5. The van der Waals surface area contributed by atoms with Gasteiger partial charge in [0.25, 0.3) is 0 Å². The molecule has 3 heteroatoms. The van der Waals surface area contributed by atoms with Crippen LogP contribution < -0.4 is 4.74 Å². The van der Waals surface area contributed by atoms with Gasteiger partial charge >= 0.3 is 0 Å². The van der Waals surface area contributed by atoms with Crippen LogP contribution in [0.25, 0.3) is 0 Å². The zero-order valence-corrected chi connectivity index (χ0v) is 9.50. The van der Waals surface area contributed by atoms with E-state index in [9.17, 15) is 5.11 Å². The molecule has 1 unspecified atom stereocenters. The second-order valence-corrected chi connectivity index (χ2v) is 4.52. The van der Waals surface area contributed by atoms with Crippen LogP contribution >= 0.6 is 11.6 Å². The fourth-order valence-electron chi connectivity index (χ4n) is 1.76. The molecule has 2 rings (SSSR count). The molecule has 1 aliphatic carbocycles. The molecule has 1 saturated carbocycles. The largest absolute Gasteiger partial charge is 0.496 e. The Morgan fingerprint density at radius 2 is 2.27 bits per heavy atom. The number of aliphatic hydroxyl groups excluding tert-OH is 1. The summed E-state index contributed by atoms with van der Waals surface area (Å²) in [4.78, 5) is 0. The SMILES string of the molecule is COc1ccc(Cl)cc1C(O)CC1CC1. The Kier molecular flexibility index (Phi) is 3.17. The van der Waals surface area contributed by atoms with Gasteiger partial charge in [-0.15, -0.1) is 0 Å². The average Bonchev–Trinajstić information content (AvgIpc) is 3.01. The van der Waals surface area contributed by atoms with E-state index in [0.717, 1.165) is 12.0 Å². The maximum Gasteiger partial charge on any atom is 0.124 e. The molecule has 1 atom stereocenters. The molecule has 1 aromatic rings. The highest BCUT2D eigenvalue weighted by Crippen LogP contribution is 2.40. The Hall–Kier alpha value is -0.730. The average molecular weight is 227 g/mol. The number of halogens is 1. The maximum atomic E-state index is 10.0. The number of methoxy groups -OCH3 is 1. The van der Waals surface area contributed by atoms with E-state index in [4.69, 9.17) is 16.3 Å². The van der Waals surface area contributed by atoms with Crippen LogP contribution in [0.15, 0.2) is 18.2 Å². The van der Waals surface area contributed by atoms with Crippen molar-refractivity contribution in [3.05, 3.63) is 28.8 Å². The van der Waals surface area contributed by atoms with Crippen molar-refractivity contribution in [2.45, 2.75) is 25.4 Å². The van der Waals surface area contributed by atoms with E-state index in [1.165, 1.54) is 12.8 Å². The molecule has 82 valence electrons. The number of hydrogen-bond donors (Lipinski definition) is 1. The van der Waals surface area contributed by atoms with Crippen LogP contribution in [0, 0.1) is 5.92 Å². The number of aliphatic hydroxyl groups is 1. The highest BCUT2D eigenvalue weighted by atomic mass is 35.5. The van der Waals surface area contributed by atoms with Crippen LogP contribution in [0.3, 0.4) is 0 Å². The molecule has 0 bridgehead atoms. The van der Waals surface area contributed by atoms with Gasteiger partial charge < -0.3 is 9.84 Å². The van der Waals surface area contributed by atoms with E-state index in [2.05, 4.69) is 0 Å². The summed E-state index contributed by atoms with van der Waals surface area (Å²) < 4.78 is 5.20. The van der Waals surface area contributed by atoms with E-state index < -0.39 is 6.10 Å². The van der Waals surface area contributed by atoms with Gasteiger partial charge in [-0.05, 0) is 30.5 Å². The first-order valence-electron chi connectivity index (χ1n) is 5.22. The van der Waals surface area contributed by atoms with Crippen molar-refractivity contribution < 1.29 is 9.84 Å². The fraction of sp³-hybridized carbons (Fsp3) is 0.500. The second kappa shape index (κ2) is 4.42. The summed E-state index contributed by atoms with van der Waals surface area (Å²) in [6.45, 7) is 0. The third-order valence-electron chi connectivity index (χ3n) is 2.80. The summed E-state index contributed by atoms with van der Waals surface area (Å²) in [5.74, 6) is 1.40. The molecule has 0 heterocycles. The summed E-state index contributed by atoms with van der Waals surface area (Å²) in [6, 6.07) is 5.36. The van der Waals surface area contributed by atoms with Crippen molar-refractivity contribution >= 4 is 11.6 Å². The third kappa shape index (κ3) is 2.64. The number of hydrogen-bond acceptors (Lipinski definition) is 2. The molecule has 0 amide bonds. The van der Waals surface area contributed by atoms with Crippen molar-refractivity contribution in [3.63, 3.8) is 0 Å². The van der Waals surface area contributed by atoms with Gasteiger partial charge in [0.1, 0.15) is 5.75 Å². The van der Waals surface area contributed by atoms with Crippen LogP contribution in [-0.2, 0) is 0 Å². The summed E-state index contributed by atoms with van der Waals surface area (Å²) in [7, 11) is 1.61. The first-order chi connectivity index (χ1) is 7.20. The number of ether oxygens (including phenoxy) is 1. The Bertz CT molecular complexity index is 347. The molecule has 0 radical (unpaired) electrons. The third-order valence-corrected chi connectivity index (χ3v) is 3.04. The lowest BCUT2D eigenvalue weighted by atomic mass is 10.0. The van der Waals surface area contributed by atoms with Gasteiger partial charge in [-0.1, -0.05) is 24.4 Å². The molecular weight excluding hydrogens is 212 g/mol. The lowest BCUT2D eigenvalue weighted by Gasteiger charge is -2.14. The van der Waals surface area contributed by atoms with Crippen molar-refractivity contribution in [1.82, 2.24) is 0 Å². The van der Waals surface area contributed by atoms with Crippen LogP contribution in [0.2, 0.25) is 5.02 Å². The molecule has 0 saturated heterocycles. The predicted octanol–water partition coefficient (Wildman–Crippen LogP) is 3.18. The summed E-state index contributed by atoms with van der Waals surface area (Å²) >= 11 is 5.90. The van der Waals surface area contributed by atoms with Crippen LogP contribution in [-0.4, -0.2) is 12.2 Å². The van der Waals surface area contributed by atoms with Crippen molar-refractivity contribution in [2.75, 3.05) is 7.11 Å². The molecule has 0 aromatic heterocycles. The Morgan fingerprint density at radius 3 is 2.87 bits per heavy atom. The lowest BCUT2D eigenvalue weighted by molar-refractivity contribution is 0.156. The molecule has 15 heavy (non-hydrogen) atoms. The molecule has 1 aromatic carbocycles. The fourth-order valence-corrected chi connectivity index (χ4v) is 1.94. The van der Waals surface area contributed by atoms with Crippen molar-refractivity contribution in [3.8, 4) is 5.75 Å². The van der Waals surface area contributed by atoms with Gasteiger partial charge in [-0.25, -0.2) is 0 Å². The second-order valence-electron chi connectivity index (χ2n) is 4.08. The first-order valence-corrected chi connectivity index (χ1v) is 5.60. The van der Waals surface area contributed by atoms with Gasteiger partial charge in [0, 0.05) is 10.6 Å². The molecular formula is C12H15ClO2. The molecule has 0 spiro atoms. The maximum absolute atomic E-state index is 10.0.